The van der Waals surface area contributed by atoms with Crippen LogP contribution in [0.15, 0.2) is 65.7 Å². The maximum atomic E-state index is 12.9. The molecule has 5 aromatic rings. The maximum Gasteiger partial charge on any atom is 0.315 e. The van der Waals surface area contributed by atoms with E-state index in [9.17, 15) is 9.59 Å². The molecule has 1 aliphatic carbocycles. The SMILES string of the molecule is COc1nc(-c2cccc(-c3cccc(Nc4nccc5cnn(C)c(=O)c45)c3Cl)c2Cl)cc2c1[C@@H](N1CC[C@]3(CCNC(=O)N3)C1)CC2. The highest BCUT2D eigenvalue weighted by molar-refractivity contribution is 6.39. The molecule has 2 amide bonds. The van der Waals surface area contributed by atoms with Gasteiger partial charge < -0.3 is 20.7 Å². The molecule has 2 aliphatic heterocycles. The number of carbonyl (C=O) groups is 1. The minimum Gasteiger partial charge on any atom is -0.481 e. The van der Waals surface area contributed by atoms with Gasteiger partial charge in [0.05, 0.1) is 45.7 Å². The lowest BCUT2D eigenvalue weighted by Gasteiger charge is -2.36. The third-order valence-corrected chi connectivity index (χ3v) is 10.9. The molecule has 11 nitrogen and oxygen atoms in total. The van der Waals surface area contributed by atoms with Crippen LogP contribution in [0.4, 0.5) is 16.3 Å². The molecule has 3 aromatic heterocycles. The van der Waals surface area contributed by atoms with Gasteiger partial charge in [-0.2, -0.15) is 5.10 Å². The van der Waals surface area contributed by atoms with Crippen LogP contribution in [0.25, 0.3) is 33.2 Å². The van der Waals surface area contributed by atoms with Crippen LogP contribution in [0.1, 0.15) is 36.4 Å². The number of aryl methyl sites for hydroxylation is 2. The number of pyridine rings is 2. The van der Waals surface area contributed by atoms with Crippen LogP contribution < -0.4 is 26.2 Å². The predicted molar refractivity (Wildman–Crippen MR) is 191 cm³/mol. The molecular formula is C36H34Cl2N8O3. The molecule has 3 N–H and O–H groups in total. The number of aromatic nitrogens is 4. The van der Waals surface area contributed by atoms with Crippen LogP contribution in [0.2, 0.25) is 10.0 Å². The van der Waals surface area contributed by atoms with E-state index in [4.69, 9.17) is 32.9 Å². The first-order valence-electron chi connectivity index (χ1n) is 16.3. The van der Waals surface area contributed by atoms with Crippen molar-refractivity contribution in [1.82, 2.24) is 35.3 Å². The first-order chi connectivity index (χ1) is 23.7. The molecule has 0 unspecified atom stereocenters. The van der Waals surface area contributed by atoms with Crippen molar-refractivity contribution in [2.24, 2.45) is 7.05 Å². The minimum absolute atomic E-state index is 0.0844. The van der Waals surface area contributed by atoms with E-state index in [0.717, 1.165) is 66.7 Å². The van der Waals surface area contributed by atoms with Crippen LogP contribution in [0.5, 0.6) is 5.88 Å². The fourth-order valence-electron chi connectivity index (χ4n) is 7.65. The van der Waals surface area contributed by atoms with Gasteiger partial charge in [0.25, 0.3) is 5.56 Å². The topological polar surface area (TPSA) is 126 Å². The Morgan fingerprint density at radius 2 is 1.84 bits per heavy atom. The fraction of sp³-hybridized carbons (Fsp3) is 0.306. The zero-order chi connectivity index (χ0) is 33.9. The van der Waals surface area contributed by atoms with Crippen molar-refractivity contribution >= 4 is 51.5 Å². The number of benzene rings is 2. The van der Waals surface area contributed by atoms with Gasteiger partial charge >= 0.3 is 6.03 Å². The van der Waals surface area contributed by atoms with Gasteiger partial charge in [-0.25, -0.2) is 19.4 Å². The molecule has 2 aromatic carbocycles. The number of nitrogens with zero attached hydrogens (tertiary/aromatic N) is 5. The lowest BCUT2D eigenvalue weighted by molar-refractivity contribution is 0.187. The van der Waals surface area contributed by atoms with E-state index in [0.29, 0.717) is 44.7 Å². The highest BCUT2D eigenvalue weighted by Crippen LogP contribution is 2.47. The van der Waals surface area contributed by atoms with Crippen LogP contribution in [0, 0.1) is 0 Å². The zero-order valence-electron chi connectivity index (χ0n) is 27.0. The molecule has 8 rings (SSSR count). The summed E-state index contributed by atoms with van der Waals surface area (Å²) in [5, 5.41) is 15.5. The van der Waals surface area contributed by atoms with E-state index in [-0.39, 0.29) is 23.2 Å². The number of likely N-dealkylation sites (tertiary alicyclic amines) is 1. The van der Waals surface area contributed by atoms with E-state index >= 15 is 0 Å². The predicted octanol–water partition coefficient (Wildman–Crippen LogP) is 6.25. The van der Waals surface area contributed by atoms with E-state index in [1.807, 2.05) is 36.4 Å². The zero-order valence-corrected chi connectivity index (χ0v) is 28.5. The Morgan fingerprint density at radius 1 is 1.04 bits per heavy atom. The molecule has 2 saturated heterocycles. The summed E-state index contributed by atoms with van der Waals surface area (Å²) >= 11 is 14.2. The molecule has 1 spiro atoms. The van der Waals surface area contributed by atoms with Gasteiger partial charge in [-0.15, -0.1) is 0 Å². The largest absolute Gasteiger partial charge is 0.481 e. The first-order valence-corrected chi connectivity index (χ1v) is 17.0. The van der Waals surface area contributed by atoms with Crippen molar-refractivity contribution in [3.8, 4) is 28.3 Å². The van der Waals surface area contributed by atoms with E-state index in [1.54, 1.807) is 32.6 Å². The number of fused-ring (bicyclic) bond motifs is 2. The molecule has 5 heterocycles. The third-order valence-electron chi connectivity index (χ3n) is 10.1. The van der Waals surface area contributed by atoms with Gasteiger partial charge in [0.1, 0.15) is 5.82 Å². The monoisotopic (exact) mass is 696 g/mol. The lowest BCUT2D eigenvalue weighted by atomic mass is 9.93. The highest BCUT2D eigenvalue weighted by Gasteiger charge is 2.45. The van der Waals surface area contributed by atoms with Crippen LogP contribution in [-0.4, -0.2) is 63.0 Å². The number of amides is 2. The number of ether oxygens (including phenoxy) is 1. The van der Waals surface area contributed by atoms with Gasteiger partial charge in [0.15, 0.2) is 0 Å². The average molecular weight is 698 g/mol. The minimum atomic E-state index is -0.265. The van der Waals surface area contributed by atoms with Crippen molar-refractivity contribution in [3.05, 3.63) is 92.5 Å². The Labute approximate surface area is 292 Å². The second-order valence-corrected chi connectivity index (χ2v) is 13.7. The number of rotatable bonds is 6. The smallest absolute Gasteiger partial charge is 0.315 e. The molecule has 13 heteroatoms. The Balaban J connectivity index is 1.11. The quantitative estimate of drug-likeness (QED) is 0.190. The molecule has 0 saturated carbocycles. The van der Waals surface area contributed by atoms with Crippen LogP contribution in [-0.2, 0) is 13.5 Å². The van der Waals surface area contributed by atoms with Crippen molar-refractivity contribution in [3.63, 3.8) is 0 Å². The summed E-state index contributed by atoms with van der Waals surface area (Å²) in [5.41, 5.74) is 5.38. The van der Waals surface area contributed by atoms with Crippen molar-refractivity contribution in [1.29, 1.82) is 0 Å². The Kier molecular flexibility index (Phi) is 7.93. The molecule has 0 bridgehead atoms. The standard InChI is InChI=1S/C36H34Cl2N8O3/c1-45-34(47)29-21(18-41-45)11-14-39-32(29)42-25-8-4-6-23(31(25)38)22-5-3-7-24(30(22)37)26-17-20-9-10-27(28(20)33(43-26)49-2)46-16-13-36(19-46)12-15-40-35(48)44-36/h3-8,11,14,17-18,27H,9-10,12-13,15-16,19H2,1-2H3,(H,39,42)(H2,40,44,48)/t27-,36+/m0/s1. The van der Waals surface area contributed by atoms with E-state index < -0.39 is 0 Å². The molecule has 0 radical (unpaired) electrons. The van der Waals surface area contributed by atoms with Gasteiger partial charge in [0.2, 0.25) is 5.88 Å². The summed E-state index contributed by atoms with van der Waals surface area (Å²) in [4.78, 5) is 37.0. The number of nitrogens with one attached hydrogen (secondary N) is 3. The summed E-state index contributed by atoms with van der Waals surface area (Å²) in [6, 6.07) is 15.4. The summed E-state index contributed by atoms with van der Waals surface area (Å²) in [7, 11) is 3.26. The number of hydrogen-bond acceptors (Lipinski definition) is 8. The number of hydrogen-bond donors (Lipinski definition) is 3. The molecule has 2 fully saturated rings. The fourth-order valence-corrected chi connectivity index (χ4v) is 8.25. The van der Waals surface area contributed by atoms with Crippen molar-refractivity contribution in [2.45, 2.75) is 37.3 Å². The molecule has 2 atom stereocenters. The van der Waals surface area contributed by atoms with Gasteiger partial charge in [-0.3, -0.25) is 9.69 Å². The summed E-state index contributed by atoms with van der Waals surface area (Å²) in [6.07, 6.45) is 6.94. The van der Waals surface area contributed by atoms with Crippen LogP contribution in [0.3, 0.4) is 0 Å². The Hall–Kier alpha value is -4.71. The normalized spacial score (nSPS) is 20.3. The van der Waals surface area contributed by atoms with Gasteiger partial charge in [-0.1, -0.05) is 53.5 Å². The Bertz CT molecular complexity index is 2210. The average Bonchev–Trinajstić information content (AvgIpc) is 3.71. The summed E-state index contributed by atoms with van der Waals surface area (Å²) in [5.74, 6) is 0.983. The number of anilines is 2. The number of urea groups is 1. The van der Waals surface area contributed by atoms with E-state index in [2.05, 4.69) is 37.0 Å². The second-order valence-electron chi connectivity index (χ2n) is 12.9. The number of methoxy groups -OCH3 is 1. The summed E-state index contributed by atoms with van der Waals surface area (Å²) < 4.78 is 7.21. The molecule has 49 heavy (non-hydrogen) atoms. The molecule has 250 valence electrons. The lowest BCUT2D eigenvalue weighted by Crippen LogP contribution is -2.59. The number of carbonyl (C=O) groups excluding carboxylic acids is 1. The van der Waals surface area contributed by atoms with Crippen LogP contribution >= 0.6 is 23.2 Å². The highest BCUT2D eigenvalue weighted by atomic mass is 35.5. The molecule has 3 aliphatic rings. The molecular weight excluding hydrogens is 663 g/mol. The first kappa shape index (κ1) is 31.6. The third kappa shape index (κ3) is 5.46. The van der Waals surface area contributed by atoms with Crippen molar-refractivity contribution < 1.29 is 9.53 Å². The van der Waals surface area contributed by atoms with E-state index in [1.165, 1.54) is 10.2 Å². The van der Waals surface area contributed by atoms with Crippen molar-refractivity contribution in [2.75, 3.05) is 32.1 Å². The number of halogens is 2. The maximum absolute atomic E-state index is 12.9. The second kappa shape index (κ2) is 12.3. The van der Waals surface area contributed by atoms with Gasteiger partial charge in [-0.05, 0) is 49.4 Å². The Morgan fingerprint density at radius 3 is 2.65 bits per heavy atom. The van der Waals surface area contributed by atoms with Gasteiger partial charge in [0, 0.05) is 66.6 Å². The summed E-state index contributed by atoms with van der Waals surface area (Å²) in [6.45, 7) is 2.41.